The number of aromatic nitrogens is 1. The Morgan fingerprint density at radius 1 is 1.50 bits per heavy atom. The minimum Gasteiger partial charge on any atom is -0.467 e. The fourth-order valence-corrected chi connectivity index (χ4v) is 2.03. The first-order valence-corrected chi connectivity index (χ1v) is 6.99. The molecule has 2 N–H and O–H groups in total. The number of carbonyl (C=O) groups excluding carboxylic acids is 1. The molecule has 106 valence electrons. The van der Waals surface area contributed by atoms with Gasteiger partial charge in [-0.2, -0.15) is 0 Å². The summed E-state index contributed by atoms with van der Waals surface area (Å²) in [5.41, 5.74) is 0.340. The van der Waals surface area contributed by atoms with Crippen LogP contribution in [0, 0.1) is 0 Å². The summed E-state index contributed by atoms with van der Waals surface area (Å²) in [5.74, 6) is 0.226. The summed E-state index contributed by atoms with van der Waals surface area (Å²) >= 11 is 3.26. The van der Waals surface area contributed by atoms with Crippen molar-refractivity contribution in [3.05, 3.63) is 52.7 Å². The topological polar surface area (TPSA) is 75.4 Å². The van der Waals surface area contributed by atoms with Crippen molar-refractivity contribution in [1.82, 2.24) is 10.3 Å². The maximum atomic E-state index is 11.9. The molecule has 0 fully saturated rings. The van der Waals surface area contributed by atoms with E-state index in [1.54, 1.807) is 30.5 Å². The Labute approximate surface area is 125 Å². The van der Waals surface area contributed by atoms with Gasteiger partial charge in [0, 0.05) is 23.1 Å². The van der Waals surface area contributed by atoms with Crippen LogP contribution >= 0.6 is 15.9 Å². The number of nitrogens with zero attached hydrogens (tertiary/aromatic N) is 1. The molecule has 20 heavy (non-hydrogen) atoms. The summed E-state index contributed by atoms with van der Waals surface area (Å²) < 4.78 is 5.93. The van der Waals surface area contributed by atoms with Crippen LogP contribution in [0.1, 0.15) is 35.7 Å². The Bertz CT molecular complexity index is 554. The van der Waals surface area contributed by atoms with Gasteiger partial charge in [0.25, 0.3) is 5.91 Å². The van der Waals surface area contributed by atoms with E-state index in [1.165, 1.54) is 6.26 Å². The molecule has 0 aliphatic carbocycles. The van der Waals surface area contributed by atoms with Gasteiger partial charge >= 0.3 is 0 Å². The minimum absolute atomic E-state index is 0.201. The number of hydrogen-bond acceptors (Lipinski definition) is 4. The van der Waals surface area contributed by atoms with Crippen molar-refractivity contribution in [2.75, 3.05) is 0 Å². The third-order valence-electron chi connectivity index (χ3n) is 2.79. The Morgan fingerprint density at radius 2 is 2.30 bits per heavy atom. The zero-order valence-corrected chi connectivity index (χ0v) is 12.5. The van der Waals surface area contributed by atoms with Crippen LogP contribution < -0.4 is 5.32 Å². The summed E-state index contributed by atoms with van der Waals surface area (Å²) in [6, 6.07) is 6.61. The van der Waals surface area contributed by atoms with E-state index in [9.17, 15) is 9.90 Å². The van der Waals surface area contributed by atoms with Crippen molar-refractivity contribution in [1.29, 1.82) is 0 Å². The standard InChI is InChI=1S/C14H15BrN2O3/c1-9(7-12(18)13-3-2-6-20-13)17-14(19)11-5-4-10(15)8-16-11/h2-6,8-9,12,18H,7H2,1H3,(H,17,19)/t9-,12+/m0/s1. The van der Waals surface area contributed by atoms with Crippen molar-refractivity contribution in [2.24, 2.45) is 0 Å². The molecule has 1 amide bonds. The summed E-state index contributed by atoms with van der Waals surface area (Å²) in [4.78, 5) is 16.0. The van der Waals surface area contributed by atoms with Crippen LogP contribution in [0.3, 0.4) is 0 Å². The predicted molar refractivity (Wildman–Crippen MR) is 77.2 cm³/mol. The second kappa shape index (κ2) is 6.67. The van der Waals surface area contributed by atoms with Crippen LogP contribution in [0.2, 0.25) is 0 Å². The molecule has 2 aromatic rings. The average molecular weight is 339 g/mol. The van der Waals surface area contributed by atoms with Crippen molar-refractivity contribution in [3.8, 4) is 0 Å². The monoisotopic (exact) mass is 338 g/mol. The second-order valence-corrected chi connectivity index (χ2v) is 5.42. The van der Waals surface area contributed by atoms with Crippen LogP contribution in [-0.4, -0.2) is 22.0 Å². The van der Waals surface area contributed by atoms with Crippen LogP contribution in [0.15, 0.2) is 45.6 Å². The van der Waals surface area contributed by atoms with E-state index >= 15 is 0 Å². The third-order valence-corrected chi connectivity index (χ3v) is 3.26. The molecule has 0 bridgehead atoms. The number of carbonyl (C=O) groups is 1. The molecule has 6 heteroatoms. The maximum absolute atomic E-state index is 11.9. The lowest BCUT2D eigenvalue weighted by Gasteiger charge is -2.16. The molecular formula is C14H15BrN2O3. The lowest BCUT2D eigenvalue weighted by molar-refractivity contribution is 0.0898. The van der Waals surface area contributed by atoms with Gasteiger partial charge in [0.05, 0.1) is 6.26 Å². The molecule has 0 saturated heterocycles. The number of pyridine rings is 1. The molecule has 2 rings (SSSR count). The predicted octanol–water partition coefficient (Wildman–Crippen LogP) is 2.68. The van der Waals surface area contributed by atoms with Crippen LogP contribution in [-0.2, 0) is 0 Å². The number of aliphatic hydroxyl groups is 1. The molecule has 0 saturated carbocycles. The van der Waals surface area contributed by atoms with E-state index in [-0.39, 0.29) is 11.9 Å². The summed E-state index contributed by atoms with van der Waals surface area (Å²) in [5, 5.41) is 12.7. The fraction of sp³-hybridized carbons (Fsp3) is 0.286. The summed E-state index contributed by atoms with van der Waals surface area (Å²) in [6.07, 6.45) is 2.71. The Kier molecular flexibility index (Phi) is 4.92. The average Bonchev–Trinajstić information content (AvgIpc) is 2.93. The Hall–Kier alpha value is -1.66. The SMILES string of the molecule is C[C@@H](C[C@@H](O)c1ccco1)NC(=O)c1ccc(Br)cn1. The van der Waals surface area contributed by atoms with Gasteiger partial charge in [0.2, 0.25) is 0 Å². The molecule has 0 aliphatic rings. The van der Waals surface area contributed by atoms with Crippen LogP contribution in [0.25, 0.3) is 0 Å². The highest BCUT2D eigenvalue weighted by molar-refractivity contribution is 9.10. The second-order valence-electron chi connectivity index (χ2n) is 4.50. The van der Waals surface area contributed by atoms with Gasteiger partial charge in [0.15, 0.2) is 0 Å². The number of halogens is 1. The van der Waals surface area contributed by atoms with Crippen molar-refractivity contribution in [2.45, 2.75) is 25.5 Å². The number of aliphatic hydroxyl groups excluding tert-OH is 1. The molecule has 0 unspecified atom stereocenters. The smallest absolute Gasteiger partial charge is 0.270 e. The van der Waals surface area contributed by atoms with Crippen LogP contribution in [0.4, 0.5) is 0 Å². The van der Waals surface area contributed by atoms with Crippen LogP contribution in [0.5, 0.6) is 0 Å². The van der Waals surface area contributed by atoms with E-state index in [1.807, 2.05) is 6.92 Å². The normalized spacial score (nSPS) is 13.8. The summed E-state index contributed by atoms with van der Waals surface area (Å²) in [6.45, 7) is 1.82. The molecular weight excluding hydrogens is 324 g/mol. The zero-order valence-electron chi connectivity index (χ0n) is 10.9. The molecule has 5 nitrogen and oxygen atoms in total. The van der Waals surface area contributed by atoms with Gasteiger partial charge in [0.1, 0.15) is 17.6 Å². The van der Waals surface area contributed by atoms with Gasteiger partial charge in [-0.25, -0.2) is 4.98 Å². The molecule has 0 radical (unpaired) electrons. The highest BCUT2D eigenvalue weighted by Crippen LogP contribution is 2.18. The first-order chi connectivity index (χ1) is 9.56. The molecule has 2 aromatic heterocycles. The van der Waals surface area contributed by atoms with E-state index in [4.69, 9.17) is 4.42 Å². The van der Waals surface area contributed by atoms with E-state index in [2.05, 4.69) is 26.2 Å². The Morgan fingerprint density at radius 3 is 2.90 bits per heavy atom. The van der Waals surface area contributed by atoms with E-state index < -0.39 is 6.10 Å². The molecule has 2 heterocycles. The highest BCUT2D eigenvalue weighted by Gasteiger charge is 2.17. The number of rotatable bonds is 5. The lowest BCUT2D eigenvalue weighted by Crippen LogP contribution is -2.34. The van der Waals surface area contributed by atoms with Gasteiger partial charge in [-0.1, -0.05) is 0 Å². The van der Waals surface area contributed by atoms with Crippen molar-refractivity contribution in [3.63, 3.8) is 0 Å². The lowest BCUT2D eigenvalue weighted by atomic mass is 10.1. The molecule has 0 aromatic carbocycles. The van der Waals surface area contributed by atoms with Gasteiger partial charge in [-0.3, -0.25) is 4.79 Å². The quantitative estimate of drug-likeness (QED) is 0.878. The Balaban J connectivity index is 1.89. The van der Waals surface area contributed by atoms with Crippen molar-refractivity contribution < 1.29 is 14.3 Å². The first kappa shape index (κ1) is 14.7. The summed E-state index contributed by atoms with van der Waals surface area (Å²) in [7, 11) is 0. The van der Waals surface area contributed by atoms with Gasteiger partial charge in [-0.15, -0.1) is 0 Å². The number of hydrogen-bond donors (Lipinski definition) is 2. The number of furan rings is 1. The van der Waals surface area contributed by atoms with E-state index in [0.29, 0.717) is 17.9 Å². The minimum atomic E-state index is -0.738. The van der Waals surface area contributed by atoms with Crippen molar-refractivity contribution >= 4 is 21.8 Å². The maximum Gasteiger partial charge on any atom is 0.270 e. The number of amides is 1. The zero-order chi connectivity index (χ0) is 14.5. The van der Waals surface area contributed by atoms with E-state index in [0.717, 1.165) is 4.47 Å². The molecule has 0 aliphatic heterocycles. The third kappa shape index (κ3) is 3.91. The molecule has 2 atom stereocenters. The van der Waals surface area contributed by atoms with Gasteiger partial charge < -0.3 is 14.8 Å². The number of nitrogens with one attached hydrogen (secondary N) is 1. The van der Waals surface area contributed by atoms with Gasteiger partial charge in [-0.05, 0) is 47.1 Å². The largest absolute Gasteiger partial charge is 0.467 e. The fourth-order valence-electron chi connectivity index (χ4n) is 1.80. The first-order valence-electron chi connectivity index (χ1n) is 6.20. The highest BCUT2D eigenvalue weighted by atomic mass is 79.9. The molecule has 0 spiro atoms.